The zero-order valence-corrected chi connectivity index (χ0v) is 15.9. The molecule has 0 radical (unpaired) electrons. The van der Waals surface area contributed by atoms with Crippen molar-refractivity contribution in [3.05, 3.63) is 61.9 Å². The number of carbonyl (C=O) groups excluding carboxylic acids is 1. The van der Waals surface area contributed by atoms with Gasteiger partial charge >= 0.3 is 0 Å². The van der Waals surface area contributed by atoms with Crippen LogP contribution < -0.4 is 10.2 Å². The minimum atomic E-state index is -0.397. The van der Waals surface area contributed by atoms with Gasteiger partial charge in [-0.2, -0.15) is 5.10 Å². The number of nitrogens with zero attached hydrogens (tertiary/aromatic N) is 1. The van der Waals surface area contributed by atoms with Gasteiger partial charge in [-0.3, -0.25) is 4.79 Å². The Morgan fingerprint density at radius 1 is 1.20 bits per heavy atom. The van der Waals surface area contributed by atoms with Crippen LogP contribution in [0.1, 0.15) is 15.2 Å². The number of methoxy groups -OCH3 is 1. The first-order chi connectivity index (χ1) is 12.0. The molecule has 0 aliphatic heterocycles. The fraction of sp³-hybridized carbons (Fsp3) is 0.0588. The summed E-state index contributed by atoms with van der Waals surface area (Å²) in [5, 5.41) is 6.08. The lowest BCUT2D eigenvalue weighted by Crippen LogP contribution is -2.16. The second kappa shape index (κ2) is 7.62. The standard InChI is InChI=1S/C17H11Cl3N2O2S/c1-24-11-4-5-12-14(7-11)25-16(15(12)20)17(23)22-21-8-9-2-3-10(18)6-13(9)19/h2-8H,1H3,(H,22,23)/b21-8+. The molecule has 0 atom stereocenters. The van der Waals surface area contributed by atoms with Crippen molar-refractivity contribution in [3.8, 4) is 5.75 Å². The molecule has 0 unspecified atom stereocenters. The molecule has 0 saturated heterocycles. The van der Waals surface area contributed by atoms with E-state index in [0.717, 1.165) is 10.1 Å². The Hall–Kier alpha value is -1.79. The Labute approximate surface area is 163 Å². The predicted octanol–water partition coefficient (Wildman–Crippen LogP) is 5.63. The topological polar surface area (TPSA) is 50.7 Å². The van der Waals surface area contributed by atoms with E-state index in [1.54, 1.807) is 31.4 Å². The van der Waals surface area contributed by atoms with Gasteiger partial charge in [-0.1, -0.05) is 40.9 Å². The molecule has 1 amide bonds. The quantitative estimate of drug-likeness (QED) is 0.445. The highest BCUT2D eigenvalue weighted by molar-refractivity contribution is 7.21. The molecule has 1 heterocycles. The zero-order chi connectivity index (χ0) is 18.0. The van der Waals surface area contributed by atoms with E-state index in [-0.39, 0.29) is 0 Å². The molecule has 0 saturated carbocycles. The van der Waals surface area contributed by atoms with Crippen molar-refractivity contribution in [1.29, 1.82) is 0 Å². The molecule has 3 rings (SSSR count). The van der Waals surface area contributed by atoms with Crippen LogP contribution >= 0.6 is 46.1 Å². The molecule has 1 N–H and O–H groups in total. The number of ether oxygens (including phenoxy) is 1. The van der Waals surface area contributed by atoms with E-state index in [2.05, 4.69) is 10.5 Å². The third kappa shape index (κ3) is 3.90. The van der Waals surface area contributed by atoms with Crippen LogP contribution in [0.5, 0.6) is 5.75 Å². The summed E-state index contributed by atoms with van der Waals surface area (Å²) < 4.78 is 6.04. The van der Waals surface area contributed by atoms with Gasteiger partial charge in [0.1, 0.15) is 10.6 Å². The third-order valence-corrected chi connectivity index (χ3v) is 5.59. The molecule has 0 bridgehead atoms. The average Bonchev–Trinajstić information content (AvgIpc) is 2.93. The molecular weight excluding hydrogens is 403 g/mol. The number of carbonyl (C=O) groups is 1. The molecule has 25 heavy (non-hydrogen) atoms. The van der Waals surface area contributed by atoms with E-state index in [4.69, 9.17) is 39.5 Å². The summed E-state index contributed by atoms with van der Waals surface area (Å²) in [6, 6.07) is 10.4. The molecule has 0 aliphatic carbocycles. The van der Waals surface area contributed by atoms with Crippen LogP contribution in [0.2, 0.25) is 15.1 Å². The van der Waals surface area contributed by atoms with Gasteiger partial charge in [0.15, 0.2) is 0 Å². The van der Waals surface area contributed by atoms with Gasteiger partial charge in [0.2, 0.25) is 0 Å². The number of benzene rings is 2. The number of hydrogen-bond donors (Lipinski definition) is 1. The number of hydrogen-bond acceptors (Lipinski definition) is 4. The first-order valence-corrected chi connectivity index (χ1v) is 8.99. The van der Waals surface area contributed by atoms with E-state index in [1.165, 1.54) is 17.6 Å². The molecule has 0 fully saturated rings. The van der Waals surface area contributed by atoms with Gasteiger partial charge in [0.05, 0.1) is 23.4 Å². The number of nitrogens with one attached hydrogen (secondary N) is 1. The zero-order valence-electron chi connectivity index (χ0n) is 12.8. The van der Waals surface area contributed by atoms with Gasteiger partial charge in [-0.25, -0.2) is 5.43 Å². The minimum absolute atomic E-state index is 0.379. The minimum Gasteiger partial charge on any atom is -0.497 e. The molecule has 1 aromatic heterocycles. The lowest BCUT2D eigenvalue weighted by Gasteiger charge is -1.99. The maximum atomic E-state index is 12.3. The second-order valence-electron chi connectivity index (χ2n) is 4.97. The summed E-state index contributed by atoms with van der Waals surface area (Å²) in [7, 11) is 1.58. The van der Waals surface area contributed by atoms with Gasteiger partial charge in [-0.05, 0) is 30.3 Å². The number of thiophene rings is 1. The lowest BCUT2D eigenvalue weighted by molar-refractivity contribution is 0.0959. The summed E-state index contributed by atoms with van der Waals surface area (Å²) in [6.45, 7) is 0. The second-order valence-corrected chi connectivity index (χ2v) is 7.25. The Balaban J connectivity index is 1.80. The number of halogens is 3. The maximum absolute atomic E-state index is 12.3. The van der Waals surface area contributed by atoms with Crippen LogP contribution in [-0.4, -0.2) is 19.2 Å². The SMILES string of the molecule is COc1ccc2c(Cl)c(C(=O)N/N=C/c3ccc(Cl)cc3Cl)sc2c1. The van der Waals surface area contributed by atoms with Crippen molar-refractivity contribution < 1.29 is 9.53 Å². The highest BCUT2D eigenvalue weighted by Crippen LogP contribution is 2.37. The molecule has 3 aromatic rings. The smallest absolute Gasteiger partial charge is 0.283 e. The normalized spacial score (nSPS) is 11.2. The van der Waals surface area contributed by atoms with Crippen molar-refractivity contribution in [2.75, 3.05) is 7.11 Å². The lowest BCUT2D eigenvalue weighted by atomic mass is 10.2. The summed E-state index contributed by atoms with van der Waals surface area (Å²) in [4.78, 5) is 12.7. The Morgan fingerprint density at radius 3 is 2.72 bits per heavy atom. The van der Waals surface area contributed by atoms with Crippen molar-refractivity contribution in [2.24, 2.45) is 5.10 Å². The van der Waals surface area contributed by atoms with E-state index in [1.807, 2.05) is 12.1 Å². The van der Waals surface area contributed by atoms with Crippen LogP contribution in [0.3, 0.4) is 0 Å². The highest BCUT2D eigenvalue weighted by atomic mass is 35.5. The van der Waals surface area contributed by atoms with Crippen LogP contribution in [0, 0.1) is 0 Å². The fourth-order valence-corrected chi connectivity index (χ4v) is 4.03. The predicted molar refractivity (Wildman–Crippen MR) is 105 cm³/mol. The van der Waals surface area contributed by atoms with Crippen molar-refractivity contribution >= 4 is 68.3 Å². The van der Waals surface area contributed by atoms with Crippen molar-refractivity contribution in [1.82, 2.24) is 5.43 Å². The Morgan fingerprint density at radius 2 is 2.00 bits per heavy atom. The van der Waals surface area contributed by atoms with Gasteiger partial charge < -0.3 is 4.74 Å². The highest BCUT2D eigenvalue weighted by Gasteiger charge is 2.17. The van der Waals surface area contributed by atoms with E-state index in [9.17, 15) is 4.79 Å². The number of rotatable bonds is 4. The largest absolute Gasteiger partial charge is 0.497 e. The summed E-state index contributed by atoms with van der Waals surface area (Å²) in [5.74, 6) is 0.305. The molecular formula is C17H11Cl3N2O2S. The monoisotopic (exact) mass is 412 g/mol. The van der Waals surface area contributed by atoms with E-state index in [0.29, 0.717) is 31.3 Å². The first kappa shape index (κ1) is 18.0. The first-order valence-electron chi connectivity index (χ1n) is 7.04. The summed E-state index contributed by atoms with van der Waals surface area (Å²) in [5.41, 5.74) is 3.09. The van der Waals surface area contributed by atoms with Gasteiger partial charge in [-0.15, -0.1) is 11.3 Å². The Bertz CT molecular complexity index is 985. The van der Waals surface area contributed by atoms with Crippen LogP contribution in [0.25, 0.3) is 10.1 Å². The van der Waals surface area contributed by atoms with Gasteiger partial charge in [0.25, 0.3) is 5.91 Å². The third-order valence-electron chi connectivity index (χ3n) is 3.38. The summed E-state index contributed by atoms with van der Waals surface area (Å²) in [6.07, 6.45) is 1.45. The number of hydrazone groups is 1. The van der Waals surface area contributed by atoms with Crippen LogP contribution in [0.15, 0.2) is 41.5 Å². The van der Waals surface area contributed by atoms with E-state index >= 15 is 0 Å². The number of amides is 1. The van der Waals surface area contributed by atoms with E-state index < -0.39 is 5.91 Å². The molecule has 4 nitrogen and oxygen atoms in total. The number of fused-ring (bicyclic) bond motifs is 1. The van der Waals surface area contributed by atoms with Crippen molar-refractivity contribution in [3.63, 3.8) is 0 Å². The molecule has 0 aliphatic rings. The van der Waals surface area contributed by atoms with Crippen LogP contribution in [0.4, 0.5) is 0 Å². The molecule has 2 aromatic carbocycles. The van der Waals surface area contributed by atoms with Crippen molar-refractivity contribution in [2.45, 2.75) is 0 Å². The average molecular weight is 414 g/mol. The summed E-state index contributed by atoms with van der Waals surface area (Å²) >= 11 is 19.5. The van der Waals surface area contributed by atoms with Gasteiger partial charge in [0, 0.05) is 20.7 Å². The maximum Gasteiger partial charge on any atom is 0.283 e. The fourth-order valence-electron chi connectivity index (χ4n) is 2.14. The van der Waals surface area contributed by atoms with Crippen LogP contribution in [-0.2, 0) is 0 Å². The molecule has 128 valence electrons. The molecule has 0 spiro atoms. The Kier molecular flexibility index (Phi) is 5.49. The molecule has 8 heteroatoms.